The van der Waals surface area contributed by atoms with Gasteiger partial charge in [-0.15, -0.1) is 5.10 Å². The highest BCUT2D eigenvalue weighted by Crippen LogP contribution is 2.27. The van der Waals surface area contributed by atoms with Crippen molar-refractivity contribution in [3.8, 4) is 16.8 Å². The van der Waals surface area contributed by atoms with Crippen molar-refractivity contribution in [3.05, 3.63) is 87.6 Å². The highest BCUT2D eigenvalue weighted by molar-refractivity contribution is 6.30. The summed E-state index contributed by atoms with van der Waals surface area (Å²) in [7, 11) is 1.28. The first-order chi connectivity index (χ1) is 21.4. The SMILES string of the molecule is COC(=O)Nc1ccc(-c2cc([C@H](CCC3CCNCC3)NC(=O)/C=C/c3cc(Cl)ccc3-n3cnnn3)n[nH]c2=O)cc1. The van der Waals surface area contributed by atoms with E-state index in [4.69, 9.17) is 11.6 Å². The maximum absolute atomic E-state index is 13.3. The van der Waals surface area contributed by atoms with Crippen molar-refractivity contribution < 1.29 is 14.3 Å². The number of carbonyl (C=O) groups is 2. The largest absolute Gasteiger partial charge is 0.453 e. The second kappa shape index (κ2) is 14.5. The van der Waals surface area contributed by atoms with Gasteiger partial charge >= 0.3 is 6.09 Å². The Morgan fingerprint density at radius 2 is 1.95 bits per heavy atom. The third-order valence-corrected chi connectivity index (χ3v) is 7.68. The average Bonchev–Trinajstić information content (AvgIpc) is 3.58. The van der Waals surface area contributed by atoms with Crippen LogP contribution in [0, 0.1) is 5.92 Å². The van der Waals surface area contributed by atoms with Crippen molar-refractivity contribution >= 4 is 35.4 Å². The molecule has 0 aliphatic carbocycles. The molecule has 44 heavy (non-hydrogen) atoms. The van der Waals surface area contributed by atoms with Gasteiger partial charge in [0.1, 0.15) is 6.33 Å². The van der Waals surface area contributed by atoms with Crippen LogP contribution in [0.15, 0.2) is 65.7 Å². The lowest BCUT2D eigenvalue weighted by molar-refractivity contribution is -0.117. The molecule has 5 rings (SSSR count). The molecule has 228 valence electrons. The highest BCUT2D eigenvalue weighted by atomic mass is 35.5. The summed E-state index contributed by atoms with van der Waals surface area (Å²) in [6.07, 6.45) is 7.59. The number of carbonyl (C=O) groups excluding carboxylic acids is 2. The number of aromatic nitrogens is 6. The number of tetrazole rings is 1. The number of aromatic amines is 1. The molecule has 1 atom stereocenters. The van der Waals surface area contributed by atoms with E-state index >= 15 is 0 Å². The number of halogens is 1. The molecule has 1 fully saturated rings. The molecule has 14 heteroatoms. The molecule has 0 bridgehead atoms. The fourth-order valence-corrected chi connectivity index (χ4v) is 5.29. The van der Waals surface area contributed by atoms with Gasteiger partial charge in [-0.05, 0) is 103 Å². The number of nitrogens with one attached hydrogen (secondary N) is 4. The van der Waals surface area contributed by atoms with E-state index < -0.39 is 12.1 Å². The van der Waals surface area contributed by atoms with Gasteiger partial charge in [-0.25, -0.2) is 9.89 Å². The monoisotopic (exact) mass is 617 g/mol. The van der Waals surface area contributed by atoms with Crippen LogP contribution in [0.4, 0.5) is 10.5 Å². The van der Waals surface area contributed by atoms with Crippen LogP contribution in [0.3, 0.4) is 0 Å². The molecule has 2 amide bonds. The van der Waals surface area contributed by atoms with Gasteiger partial charge in [0.25, 0.3) is 5.56 Å². The number of hydrogen-bond acceptors (Lipinski definition) is 9. The summed E-state index contributed by atoms with van der Waals surface area (Å²) in [5, 5.41) is 27.8. The fraction of sp³-hybridized carbons (Fsp3) is 0.300. The average molecular weight is 618 g/mol. The van der Waals surface area contributed by atoms with Crippen LogP contribution >= 0.6 is 11.6 Å². The number of hydrogen-bond donors (Lipinski definition) is 4. The molecule has 4 aromatic rings. The van der Waals surface area contributed by atoms with Gasteiger partial charge in [-0.3, -0.25) is 14.9 Å². The Morgan fingerprint density at radius 3 is 2.68 bits per heavy atom. The Morgan fingerprint density at radius 1 is 1.16 bits per heavy atom. The van der Waals surface area contributed by atoms with E-state index in [1.807, 2.05) is 0 Å². The first-order valence-electron chi connectivity index (χ1n) is 14.2. The van der Waals surface area contributed by atoms with Crippen LogP contribution in [0.25, 0.3) is 22.9 Å². The quantitative estimate of drug-likeness (QED) is 0.193. The van der Waals surface area contributed by atoms with Gasteiger partial charge in [0.2, 0.25) is 5.91 Å². The lowest BCUT2D eigenvalue weighted by atomic mass is 9.90. The van der Waals surface area contributed by atoms with Crippen LogP contribution in [-0.2, 0) is 9.53 Å². The number of H-pyrrole nitrogens is 1. The van der Waals surface area contributed by atoms with Gasteiger partial charge in [0.15, 0.2) is 0 Å². The number of benzene rings is 2. The standard InChI is InChI=1S/C30H32ClN9O4/c1-44-30(43)34-23-7-3-20(4-8-23)24-17-26(36-37-29(24)42)25(9-2-19-12-14-32-15-13-19)35-28(41)11-5-21-16-22(31)6-10-27(21)40-18-33-38-39-40/h3-8,10-11,16-19,25,32H,2,9,12-15H2,1H3,(H,34,43)(H,35,41)(H,37,42)/b11-5+/t25-/m0/s1. The van der Waals surface area contributed by atoms with E-state index in [1.54, 1.807) is 54.6 Å². The van der Waals surface area contributed by atoms with Gasteiger partial charge in [-0.2, -0.15) is 9.78 Å². The molecule has 2 aromatic carbocycles. The van der Waals surface area contributed by atoms with Crippen molar-refractivity contribution in [1.82, 2.24) is 41.0 Å². The molecular weight excluding hydrogens is 586 g/mol. The second-order valence-electron chi connectivity index (χ2n) is 10.4. The number of rotatable bonds is 10. The summed E-state index contributed by atoms with van der Waals surface area (Å²) in [4.78, 5) is 37.6. The van der Waals surface area contributed by atoms with E-state index in [9.17, 15) is 14.4 Å². The van der Waals surface area contributed by atoms with Gasteiger partial charge in [0.05, 0.1) is 30.1 Å². The number of anilines is 1. The minimum Gasteiger partial charge on any atom is -0.453 e. The number of methoxy groups -OCH3 is 1. The fourth-order valence-electron chi connectivity index (χ4n) is 5.11. The zero-order valence-electron chi connectivity index (χ0n) is 24.0. The van der Waals surface area contributed by atoms with Crippen LogP contribution in [0.5, 0.6) is 0 Å². The van der Waals surface area contributed by atoms with E-state index in [2.05, 4.69) is 46.4 Å². The molecule has 0 radical (unpaired) electrons. The number of nitrogens with zero attached hydrogens (tertiary/aromatic N) is 5. The second-order valence-corrected chi connectivity index (χ2v) is 10.8. The Labute approximate surface area is 258 Å². The lowest BCUT2D eigenvalue weighted by Crippen LogP contribution is -2.31. The molecule has 1 aliphatic rings. The first-order valence-corrected chi connectivity index (χ1v) is 14.5. The summed E-state index contributed by atoms with van der Waals surface area (Å²) < 4.78 is 6.11. The Balaban J connectivity index is 1.38. The summed E-state index contributed by atoms with van der Waals surface area (Å²) in [6, 6.07) is 13.2. The predicted octanol–water partition coefficient (Wildman–Crippen LogP) is 3.89. The van der Waals surface area contributed by atoms with Crippen molar-refractivity contribution in [2.24, 2.45) is 5.92 Å². The molecule has 4 N–H and O–H groups in total. The smallest absolute Gasteiger partial charge is 0.411 e. The van der Waals surface area contributed by atoms with Crippen molar-refractivity contribution in [3.63, 3.8) is 0 Å². The van der Waals surface area contributed by atoms with Gasteiger partial charge in [0, 0.05) is 22.3 Å². The number of amides is 2. The molecule has 1 saturated heterocycles. The Hall–Kier alpha value is -4.88. The van der Waals surface area contributed by atoms with E-state index in [1.165, 1.54) is 24.2 Å². The van der Waals surface area contributed by atoms with Gasteiger partial charge < -0.3 is 15.4 Å². The van der Waals surface area contributed by atoms with E-state index in [0.29, 0.717) is 51.1 Å². The predicted molar refractivity (Wildman–Crippen MR) is 165 cm³/mol. The van der Waals surface area contributed by atoms with Crippen LogP contribution in [-0.4, -0.2) is 62.6 Å². The highest BCUT2D eigenvalue weighted by Gasteiger charge is 2.21. The lowest BCUT2D eigenvalue weighted by Gasteiger charge is -2.25. The summed E-state index contributed by atoms with van der Waals surface area (Å²) >= 11 is 6.23. The van der Waals surface area contributed by atoms with Crippen LogP contribution in [0.2, 0.25) is 5.02 Å². The topological polar surface area (TPSA) is 169 Å². The van der Waals surface area contributed by atoms with Crippen molar-refractivity contribution in [2.45, 2.75) is 31.7 Å². The Kier molecular flexibility index (Phi) is 10.1. The van der Waals surface area contributed by atoms with Crippen molar-refractivity contribution in [1.29, 1.82) is 0 Å². The number of piperidine rings is 1. The van der Waals surface area contributed by atoms with E-state index in [0.717, 1.165) is 32.4 Å². The Bertz CT molecular complexity index is 1670. The van der Waals surface area contributed by atoms with Crippen LogP contribution in [0.1, 0.15) is 43.0 Å². The molecular formula is C30H32ClN9O4. The van der Waals surface area contributed by atoms with E-state index in [-0.39, 0.29) is 11.5 Å². The summed E-state index contributed by atoms with van der Waals surface area (Å²) in [5.41, 5.74) is 3.01. The molecule has 2 aromatic heterocycles. The molecule has 0 saturated carbocycles. The zero-order chi connectivity index (χ0) is 30.9. The molecule has 0 unspecified atom stereocenters. The van der Waals surface area contributed by atoms with Gasteiger partial charge in [-0.1, -0.05) is 23.7 Å². The van der Waals surface area contributed by atoms with Crippen molar-refractivity contribution in [2.75, 3.05) is 25.5 Å². The normalized spacial score (nSPS) is 14.3. The zero-order valence-corrected chi connectivity index (χ0v) is 24.8. The summed E-state index contributed by atoms with van der Waals surface area (Å²) in [6.45, 7) is 1.94. The third kappa shape index (κ3) is 7.94. The maximum atomic E-state index is 13.3. The molecule has 13 nitrogen and oxygen atoms in total. The van der Waals surface area contributed by atoms with Crippen LogP contribution < -0.4 is 21.5 Å². The number of ether oxygens (including phenoxy) is 1. The minimum absolute atomic E-state index is 0.337. The minimum atomic E-state index is -0.592. The molecule has 3 heterocycles. The maximum Gasteiger partial charge on any atom is 0.411 e. The third-order valence-electron chi connectivity index (χ3n) is 7.45. The summed E-state index contributed by atoms with van der Waals surface area (Å²) in [5.74, 6) is 0.185. The first kappa shape index (κ1) is 30.6. The molecule has 0 spiro atoms. The molecule has 1 aliphatic heterocycles.